The highest BCUT2D eigenvalue weighted by molar-refractivity contribution is 7.20. The van der Waals surface area contributed by atoms with Crippen LogP contribution >= 0.6 is 11.3 Å². The number of carbonyl (C=O) groups is 1. The Hall–Kier alpha value is -3.32. The number of fused-ring (bicyclic) bond motifs is 1. The number of carbonyl (C=O) groups excluding carboxylic acids is 1. The summed E-state index contributed by atoms with van der Waals surface area (Å²) in [5.41, 5.74) is 7.75. The molecule has 7 heteroatoms. The van der Waals surface area contributed by atoms with Gasteiger partial charge < -0.3 is 4.42 Å². The van der Waals surface area contributed by atoms with Gasteiger partial charge in [0, 0.05) is 5.39 Å². The van der Waals surface area contributed by atoms with Gasteiger partial charge in [-0.1, -0.05) is 24.8 Å². The van der Waals surface area contributed by atoms with Crippen LogP contribution in [0.25, 0.3) is 21.6 Å². The molecule has 0 aliphatic rings. The summed E-state index contributed by atoms with van der Waals surface area (Å²) >= 11 is 1.39. The third kappa shape index (κ3) is 2.89. The SMILES string of the molecule is C=C(NNC(=O)c1cc2c(C)nn(-c3ccccc3)c2s1)c1ccco1. The van der Waals surface area contributed by atoms with Gasteiger partial charge in [0.1, 0.15) is 4.83 Å². The van der Waals surface area contributed by atoms with Crippen molar-refractivity contribution >= 4 is 33.2 Å². The fraction of sp³-hybridized carbons (Fsp3) is 0.0526. The molecule has 4 rings (SSSR count). The van der Waals surface area contributed by atoms with Crippen LogP contribution in [0, 0.1) is 6.92 Å². The van der Waals surface area contributed by atoms with Crippen LogP contribution in [0.3, 0.4) is 0 Å². The Morgan fingerprint density at radius 1 is 1.19 bits per heavy atom. The van der Waals surface area contributed by atoms with Crippen LogP contribution in [0.1, 0.15) is 21.1 Å². The molecule has 0 bridgehead atoms. The van der Waals surface area contributed by atoms with E-state index in [0.717, 1.165) is 21.6 Å². The average Bonchev–Trinajstić information content (AvgIpc) is 3.38. The number of thiophene rings is 1. The summed E-state index contributed by atoms with van der Waals surface area (Å²) in [5.74, 6) is 0.329. The molecule has 0 aliphatic heterocycles. The minimum absolute atomic E-state index is 0.238. The van der Waals surface area contributed by atoms with E-state index in [1.165, 1.54) is 11.3 Å². The van der Waals surface area contributed by atoms with Crippen molar-refractivity contribution in [3.05, 3.63) is 77.7 Å². The molecule has 1 amide bonds. The van der Waals surface area contributed by atoms with Gasteiger partial charge in [-0.05, 0) is 37.3 Å². The number of nitrogens with zero attached hydrogens (tertiary/aromatic N) is 2. The summed E-state index contributed by atoms with van der Waals surface area (Å²) in [7, 11) is 0. The summed E-state index contributed by atoms with van der Waals surface area (Å²) in [4.78, 5) is 14.0. The van der Waals surface area contributed by atoms with Crippen LogP contribution in [0.5, 0.6) is 0 Å². The molecule has 0 fully saturated rings. The third-order valence-electron chi connectivity index (χ3n) is 3.91. The van der Waals surface area contributed by atoms with Gasteiger partial charge in [0.25, 0.3) is 5.91 Å². The van der Waals surface area contributed by atoms with Crippen LogP contribution in [-0.4, -0.2) is 15.7 Å². The summed E-state index contributed by atoms with van der Waals surface area (Å²) in [6, 6.07) is 15.2. The molecule has 3 aromatic heterocycles. The number of hydrogen-bond acceptors (Lipinski definition) is 5. The van der Waals surface area contributed by atoms with Crippen LogP contribution in [0.2, 0.25) is 0 Å². The molecule has 130 valence electrons. The van der Waals surface area contributed by atoms with Crippen molar-refractivity contribution in [1.29, 1.82) is 0 Å². The minimum atomic E-state index is -0.238. The number of hydrogen-bond donors (Lipinski definition) is 2. The lowest BCUT2D eigenvalue weighted by molar-refractivity contribution is 0.0946. The lowest BCUT2D eigenvalue weighted by Crippen LogP contribution is -2.35. The highest BCUT2D eigenvalue weighted by Crippen LogP contribution is 2.30. The van der Waals surface area contributed by atoms with E-state index < -0.39 is 0 Å². The molecule has 0 aliphatic carbocycles. The number of benzene rings is 1. The normalized spacial score (nSPS) is 10.8. The lowest BCUT2D eigenvalue weighted by atomic mass is 10.3. The predicted molar refractivity (Wildman–Crippen MR) is 102 cm³/mol. The van der Waals surface area contributed by atoms with Gasteiger partial charge in [-0.15, -0.1) is 11.3 Å². The Balaban J connectivity index is 1.57. The van der Waals surface area contributed by atoms with Crippen molar-refractivity contribution in [1.82, 2.24) is 20.6 Å². The third-order valence-corrected chi connectivity index (χ3v) is 5.02. The van der Waals surface area contributed by atoms with Crippen LogP contribution in [-0.2, 0) is 0 Å². The quantitative estimate of drug-likeness (QED) is 0.527. The summed E-state index contributed by atoms with van der Waals surface area (Å²) in [6.45, 7) is 5.77. The van der Waals surface area contributed by atoms with Gasteiger partial charge in [0.15, 0.2) is 5.76 Å². The van der Waals surface area contributed by atoms with E-state index in [2.05, 4.69) is 22.5 Å². The number of hydrazine groups is 1. The van der Waals surface area contributed by atoms with Gasteiger partial charge in [-0.2, -0.15) is 5.10 Å². The zero-order chi connectivity index (χ0) is 18.1. The minimum Gasteiger partial charge on any atom is -0.463 e. The van der Waals surface area contributed by atoms with Crippen LogP contribution < -0.4 is 10.9 Å². The van der Waals surface area contributed by atoms with E-state index in [4.69, 9.17) is 4.42 Å². The van der Waals surface area contributed by atoms with Crippen molar-refractivity contribution in [3.63, 3.8) is 0 Å². The largest absolute Gasteiger partial charge is 0.463 e. The second kappa shape index (κ2) is 6.53. The van der Waals surface area contributed by atoms with Crippen molar-refractivity contribution < 1.29 is 9.21 Å². The van der Waals surface area contributed by atoms with E-state index in [-0.39, 0.29) is 5.91 Å². The number of furan rings is 1. The molecule has 2 N–H and O–H groups in total. The van der Waals surface area contributed by atoms with Crippen LogP contribution in [0.4, 0.5) is 0 Å². The smallest absolute Gasteiger partial charge is 0.279 e. The monoisotopic (exact) mass is 364 g/mol. The molecule has 1 aromatic carbocycles. The molecule has 0 radical (unpaired) electrons. The van der Waals surface area contributed by atoms with Crippen LogP contribution in [0.15, 0.2) is 65.8 Å². The summed E-state index contributed by atoms with van der Waals surface area (Å²) in [6.07, 6.45) is 1.55. The zero-order valence-corrected chi connectivity index (χ0v) is 14.8. The fourth-order valence-electron chi connectivity index (χ4n) is 2.61. The van der Waals surface area contributed by atoms with Gasteiger partial charge in [-0.25, -0.2) is 4.68 Å². The molecule has 0 spiro atoms. The van der Waals surface area contributed by atoms with Gasteiger partial charge in [-0.3, -0.25) is 15.6 Å². The molecule has 6 nitrogen and oxygen atoms in total. The number of aromatic nitrogens is 2. The van der Waals surface area contributed by atoms with Crippen molar-refractivity contribution in [3.8, 4) is 5.69 Å². The maximum atomic E-state index is 12.5. The topological polar surface area (TPSA) is 72.1 Å². The number of rotatable bonds is 5. The molecular formula is C19H16N4O2S. The Morgan fingerprint density at radius 3 is 2.73 bits per heavy atom. The van der Waals surface area contributed by atoms with E-state index in [1.54, 1.807) is 18.4 Å². The maximum absolute atomic E-state index is 12.5. The Bertz CT molecular complexity index is 1080. The predicted octanol–water partition coefficient (Wildman–Crippen LogP) is 3.89. The van der Waals surface area contributed by atoms with Crippen molar-refractivity contribution in [2.75, 3.05) is 0 Å². The Labute approximate surface area is 153 Å². The first-order chi connectivity index (χ1) is 12.6. The Kier molecular flexibility index (Phi) is 4.06. The van der Waals surface area contributed by atoms with Gasteiger partial charge in [0.05, 0.1) is 28.2 Å². The highest BCUT2D eigenvalue weighted by atomic mass is 32.1. The van der Waals surface area contributed by atoms with Crippen molar-refractivity contribution in [2.45, 2.75) is 6.92 Å². The van der Waals surface area contributed by atoms with E-state index in [1.807, 2.05) is 48.0 Å². The number of para-hydroxylation sites is 1. The van der Waals surface area contributed by atoms with Crippen molar-refractivity contribution in [2.24, 2.45) is 0 Å². The lowest BCUT2D eigenvalue weighted by Gasteiger charge is -2.07. The number of nitrogens with one attached hydrogen (secondary N) is 2. The Morgan fingerprint density at radius 2 is 2.00 bits per heavy atom. The molecule has 0 atom stereocenters. The molecule has 26 heavy (non-hydrogen) atoms. The molecular weight excluding hydrogens is 348 g/mol. The fourth-order valence-corrected chi connectivity index (χ4v) is 3.69. The second-order valence-electron chi connectivity index (χ2n) is 5.70. The maximum Gasteiger partial charge on any atom is 0.279 e. The average molecular weight is 364 g/mol. The van der Waals surface area contributed by atoms with E-state index in [9.17, 15) is 4.79 Å². The van der Waals surface area contributed by atoms with E-state index >= 15 is 0 Å². The first-order valence-electron chi connectivity index (χ1n) is 7.97. The first-order valence-corrected chi connectivity index (χ1v) is 8.79. The number of amides is 1. The van der Waals surface area contributed by atoms with E-state index in [0.29, 0.717) is 16.3 Å². The molecule has 0 saturated carbocycles. The first kappa shape index (κ1) is 16.2. The van der Waals surface area contributed by atoms with Gasteiger partial charge in [0.2, 0.25) is 0 Å². The second-order valence-corrected chi connectivity index (χ2v) is 6.73. The molecule has 0 saturated heterocycles. The number of aryl methyl sites for hydroxylation is 1. The van der Waals surface area contributed by atoms with Gasteiger partial charge >= 0.3 is 0 Å². The summed E-state index contributed by atoms with van der Waals surface area (Å²) in [5, 5.41) is 5.55. The highest BCUT2D eigenvalue weighted by Gasteiger charge is 2.17. The molecule has 0 unspecified atom stereocenters. The molecule has 4 aromatic rings. The standard InChI is InChI=1S/C19H16N4O2S/c1-12-15-11-17(18(24)21-20-13(2)16-9-6-10-25-16)26-19(15)23(22-12)14-7-4-3-5-8-14/h3-11,20H,2H2,1H3,(H,21,24). The zero-order valence-electron chi connectivity index (χ0n) is 14.0. The molecule has 3 heterocycles. The summed E-state index contributed by atoms with van der Waals surface area (Å²) < 4.78 is 7.09.